The van der Waals surface area contributed by atoms with Crippen molar-refractivity contribution in [3.05, 3.63) is 35.9 Å². The number of rotatable bonds is 6. The molecule has 0 heterocycles. The quantitative estimate of drug-likeness (QED) is 0.622. The van der Waals surface area contributed by atoms with Gasteiger partial charge < -0.3 is 10.6 Å². The zero-order chi connectivity index (χ0) is 14.1. The van der Waals surface area contributed by atoms with E-state index in [-0.39, 0.29) is 0 Å². The highest BCUT2D eigenvalue weighted by molar-refractivity contribution is 8.00. The molecule has 0 aromatic heterocycles. The second-order valence-electron chi connectivity index (χ2n) is 5.38. The monoisotopic (exact) mass is 296 g/mol. The summed E-state index contributed by atoms with van der Waals surface area (Å²) in [5, 5.41) is 7.24. The van der Waals surface area contributed by atoms with E-state index in [1.165, 1.54) is 5.56 Å². The largest absolute Gasteiger partial charge is 0.362 e. The zero-order valence-electron chi connectivity index (χ0n) is 12.0. The lowest BCUT2D eigenvalue weighted by atomic mass is 10.1. The van der Waals surface area contributed by atoms with Crippen LogP contribution in [0, 0.1) is 0 Å². The van der Waals surface area contributed by atoms with Crippen LogP contribution in [-0.4, -0.2) is 28.7 Å². The van der Waals surface area contributed by atoms with Crippen molar-refractivity contribution in [2.24, 2.45) is 0 Å². The van der Waals surface area contributed by atoms with Crippen molar-refractivity contribution < 1.29 is 0 Å². The molecule has 1 rings (SSSR count). The molecule has 0 saturated heterocycles. The van der Waals surface area contributed by atoms with Crippen LogP contribution in [-0.2, 0) is 6.42 Å². The minimum atomic E-state index is 0.323. The number of benzene rings is 1. The van der Waals surface area contributed by atoms with Gasteiger partial charge in [-0.2, -0.15) is 11.8 Å². The highest BCUT2D eigenvalue weighted by Crippen LogP contribution is 2.21. The molecular weight excluding hydrogens is 272 g/mol. The summed E-state index contributed by atoms with van der Waals surface area (Å²) >= 11 is 7.19. The van der Waals surface area contributed by atoms with Crippen LogP contribution in [0.4, 0.5) is 0 Å². The van der Waals surface area contributed by atoms with Crippen molar-refractivity contribution in [3.8, 4) is 0 Å². The molecule has 0 aliphatic heterocycles. The van der Waals surface area contributed by atoms with E-state index in [1.54, 1.807) is 0 Å². The van der Waals surface area contributed by atoms with Crippen molar-refractivity contribution in [2.45, 2.75) is 31.9 Å². The lowest BCUT2D eigenvalue weighted by Crippen LogP contribution is -2.37. The van der Waals surface area contributed by atoms with Crippen LogP contribution in [0.3, 0.4) is 0 Å². The number of thiocarbonyl (C=S) groups is 1. The first-order valence-electron chi connectivity index (χ1n) is 6.67. The Morgan fingerprint density at radius 3 is 2.37 bits per heavy atom. The molecule has 4 heteroatoms. The van der Waals surface area contributed by atoms with E-state index < -0.39 is 0 Å². The van der Waals surface area contributed by atoms with Gasteiger partial charge in [0.05, 0.1) is 0 Å². The van der Waals surface area contributed by atoms with Gasteiger partial charge in [0.2, 0.25) is 0 Å². The molecule has 0 bridgehead atoms. The highest BCUT2D eigenvalue weighted by Gasteiger charge is 2.09. The fourth-order valence-corrected chi connectivity index (χ4v) is 2.57. The van der Waals surface area contributed by atoms with E-state index in [0.717, 1.165) is 30.4 Å². The van der Waals surface area contributed by atoms with E-state index in [2.05, 4.69) is 55.7 Å². The van der Waals surface area contributed by atoms with Crippen LogP contribution in [0.15, 0.2) is 30.3 Å². The summed E-state index contributed by atoms with van der Waals surface area (Å²) in [6, 6.07) is 10.4. The van der Waals surface area contributed by atoms with Crippen molar-refractivity contribution in [3.63, 3.8) is 0 Å². The number of nitrogens with one attached hydrogen (secondary N) is 2. The van der Waals surface area contributed by atoms with Gasteiger partial charge in [-0.05, 0) is 24.2 Å². The molecule has 0 radical (unpaired) electrons. The third-order valence-corrected chi connectivity index (χ3v) is 4.03. The maximum atomic E-state index is 5.24. The summed E-state index contributed by atoms with van der Waals surface area (Å²) in [5.74, 6) is 1.07. The topological polar surface area (TPSA) is 24.1 Å². The van der Waals surface area contributed by atoms with Gasteiger partial charge in [-0.1, -0.05) is 51.1 Å². The molecule has 19 heavy (non-hydrogen) atoms. The molecule has 2 nitrogen and oxygen atoms in total. The van der Waals surface area contributed by atoms with Gasteiger partial charge in [0.15, 0.2) is 5.11 Å². The average Bonchev–Trinajstić information content (AvgIpc) is 2.35. The van der Waals surface area contributed by atoms with E-state index in [9.17, 15) is 0 Å². The molecule has 0 unspecified atom stereocenters. The minimum absolute atomic E-state index is 0.323. The van der Waals surface area contributed by atoms with Gasteiger partial charge in [0.25, 0.3) is 0 Å². The molecule has 0 spiro atoms. The first-order chi connectivity index (χ1) is 8.97. The van der Waals surface area contributed by atoms with Crippen molar-refractivity contribution >= 4 is 29.1 Å². The molecule has 0 fully saturated rings. The minimum Gasteiger partial charge on any atom is -0.362 e. The molecule has 1 aromatic carbocycles. The molecule has 1 aromatic rings. The Morgan fingerprint density at radius 1 is 1.11 bits per heavy atom. The predicted molar refractivity (Wildman–Crippen MR) is 91.0 cm³/mol. The molecule has 0 saturated carbocycles. The summed E-state index contributed by atoms with van der Waals surface area (Å²) in [5.41, 5.74) is 1.33. The van der Waals surface area contributed by atoms with Crippen molar-refractivity contribution in [1.29, 1.82) is 0 Å². The van der Waals surface area contributed by atoms with Crippen LogP contribution < -0.4 is 10.6 Å². The number of thioether (sulfide) groups is 1. The third-order valence-electron chi connectivity index (χ3n) is 2.46. The number of hydrogen-bond donors (Lipinski definition) is 2. The van der Waals surface area contributed by atoms with Crippen LogP contribution >= 0.6 is 24.0 Å². The van der Waals surface area contributed by atoms with E-state index in [0.29, 0.717) is 4.75 Å². The van der Waals surface area contributed by atoms with Crippen molar-refractivity contribution in [2.75, 3.05) is 18.8 Å². The van der Waals surface area contributed by atoms with Gasteiger partial charge in [-0.3, -0.25) is 0 Å². The maximum Gasteiger partial charge on any atom is 0.166 e. The second kappa shape index (κ2) is 8.43. The zero-order valence-corrected chi connectivity index (χ0v) is 13.7. The Bertz CT molecular complexity index is 371. The standard InChI is InChI=1S/C15H24N2S2/c1-15(2,3)19-12-11-17-14(18)16-10-9-13-7-5-4-6-8-13/h4-8H,9-12H2,1-3H3,(H2,16,17,18). The highest BCUT2D eigenvalue weighted by atomic mass is 32.2. The second-order valence-corrected chi connectivity index (χ2v) is 7.71. The lowest BCUT2D eigenvalue weighted by Gasteiger charge is -2.18. The first-order valence-corrected chi connectivity index (χ1v) is 8.06. The molecule has 106 valence electrons. The lowest BCUT2D eigenvalue weighted by molar-refractivity contribution is 0.796. The summed E-state index contributed by atoms with van der Waals surface area (Å²) in [6.07, 6.45) is 0.999. The van der Waals surface area contributed by atoms with Crippen LogP contribution in [0.2, 0.25) is 0 Å². The summed E-state index contributed by atoms with van der Waals surface area (Å²) in [7, 11) is 0. The normalized spacial score (nSPS) is 11.1. The van der Waals surface area contributed by atoms with Crippen molar-refractivity contribution in [1.82, 2.24) is 10.6 Å². The SMILES string of the molecule is CC(C)(C)SCCNC(=S)NCCc1ccccc1. The van der Waals surface area contributed by atoms with Gasteiger partial charge in [-0.25, -0.2) is 0 Å². The fraction of sp³-hybridized carbons (Fsp3) is 0.533. The molecule has 0 aliphatic rings. The molecule has 2 N–H and O–H groups in total. The Kier molecular flexibility index (Phi) is 7.24. The van der Waals surface area contributed by atoms with Gasteiger partial charge >= 0.3 is 0 Å². The summed E-state index contributed by atoms with van der Waals surface area (Å²) in [4.78, 5) is 0. The Morgan fingerprint density at radius 2 is 1.74 bits per heavy atom. The van der Waals surface area contributed by atoms with Gasteiger partial charge in [0, 0.05) is 23.6 Å². The van der Waals surface area contributed by atoms with E-state index in [1.807, 2.05) is 17.8 Å². The van der Waals surface area contributed by atoms with Gasteiger partial charge in [-0.15, -0.1) is 0 Å². The Labute approximate surface area is 126 Å². The summed E-state index contributed by atoms with van der Waals surface area (Å²) in [6.45, 7) is 8.48. The van der Waals surface area contributed by atoms with Crippen LogP contribution in [0.25, 0.3) is 0 Å². The molecular formula is C15H24N2S2. The summed E-state index contributed by atoms with van der Waals surface area (Å²) < 4.78 is 0.323. The predicted octanol–water partition coefficient (Wildman–Crippen LogP) is 3.22. The molecule has 0 aliphatic carbocycles. The number of hydrogen-bond acceptors (Lipinski definition) is 2. The third kappa shape index (κ3) is 8.89. The molecule has 0 amide bonds. The Hall–Kier alpha value is -0.740. The Balaban J connectivity index is 2.05. The van der Waals surface area contributed by atoms with Crippen LogP contribution in [0.1, 0.15) is 26.3 Å². The molecule has 0 atom stereocenters. The smallest absolute Gasteiger partial charge is 0.166 e. The fourth-order valence-electron chi connectivity index (χ4n) is 1.55. The first kappa shape index (κ1) is 16.3. The average molecular weight is 297 g/mol. The van der Waals surface area contributed by atoms with Gasteiger partial charge in [0.1, 0.15) is 0 Å². The van der Waals surface area contributed by atoms with Crippen LogP contribution in [0.5, 0.6) is 0 Å². The van der Waals surface area contributed by atoms with E-state index in [4.69, 9.17) is 12.2 Å². The maximum absolute atomic E-state index is 5.24. The van der Waals surface area contributed by atoms with E-state index >= 15 is 0 Å².